The summed E-state index contributed by atoms with van der Waals surface area (Å²) in [5.41, 5.74) is 5.36. The predicted octanol–water partition coefficient (Wildman–Crippen LogP) is 5.85. The van der Waals surface area contributed by atoms with Gasteiger partial charge in [0.2, 0.25) is 12.7 Å². The highest BCUT2D eigenvalue weighted by molar-refractivity contribution is 5.72. The fraction of sp³-hybridized carbons (Fsp3) is 0.500. The SMILES string of the molecule is C[n+]1cn(CCCCCCCCCCCCn2c[n+](C)c3ccccc32)c2ccccc21. The summed E-state index contributed by atoms with van der Waals surface area (Å²) in [6.07, 6.45) is 18.1. The van der Waals surface area contributed by atoms with Gasteiger partial charge in [0, 0.05) is 0 Å². The Morgan fingerprint density at radius 2 is 0.844 bits per heavy atom. The Labute approximate surface area is 193 Å². The zero-order valence-electron chi connectivity index (χ0n) is 20.0. The first-order chi connectivity index (χ1) is 15.7. The summed E-state index contributed by atoms with van der Waals surface area (Å²) in [6.45, 7) is 2.27. The van der Waals surface area contributed by atoms with E-state index >= 15 is 0 Å². The van der Waals surface area contributed by atoms with Crippen LogP contribution in [0.5, 0.6) is 0 Å². The quantitative estimate of drug-likeness (QED) is 0.186. The third kappa shape index (κ3) is 5.59. The number of imidazole rings is 2. The van der Waals surface area contributed by atoms with Crippen molar-refractivity contribution in [3.8, 4) is 0 Å². The standard InChI is InChI=1S/C28H40N4/c1-29-23-31(27-19-13-11-17-25(27)29)21-15-9-7-5-3-4-6-8-10-16-22-32-24-30(2)26-18-12-14-20-28(26)32/h11-14,17-20,23-24H,3-10,15-16,21-22H2,1-2H3/q+2. The Morgan fingerprint density at radius 1 is 0.500 bits per heavy atom. The van der Waals surface area contributed by atoms with Crippen LogP contribution in [0, 0.1) is 0 Å². The summed E-state index contributed by atoms with van der Waals surface area (Å²) in [6, 6.07) is 17.4. The summed E-state index contributed by atoms with van der Waals surface area (Å²) in [5.74, 6) is 0. The van der Waals surface area contributed by atoms with Gasteiger partial charge in [0.15, 0.2) is 22.1 Å². The van der Waals surface area contributed by atoms with Gasteiger partial charge in [0.1, 0.15) is 0 Å². The van der Waals surface area contributed by atoms with E-state index in [0.717, 1.165) is 13.1 Å². The molecule has 0 spiro atoms. The molecule has 170 valence electrons. The van der Waals surface area contributed by atoms with Gasteiger partial charge in [-0.1, -0.05) is 62.8 Å². The van der Waals surface area contributed by atoms with Gasteiger partial charge in [0.25, 0.3) is 0 Å². The number of fused-ring (bicyclic) bond motifs is 2. The molecule has 0 saturated heterocycles. The highest BCUT2D eigenvalue weighted by atomic mass is 15.1. The molecule has 0 amide bonds. The number of aromatic nitrogens is 4. The lowest BCUT2D eigenvalue weighted by Crippen LogP contribution is -2.25. The molecule has 0 N–H and O–H groups in total. The molecule has 0 aliphatic rings. The Hall–Kier alpha value is -2.62. The fourth-order valence-electron chi connectivity index (χ4n) is 5.01. The molecule has 0 radical (unpaired) electrons. The Morgan fingerprint density at radius 3 is 1.25 bits per heavy atom. The van der Waals surface area contributed by atoms with Gasteiger partial charge in [-0.15, -0.1) is 0 Å². The molecule has 2 aromatic heterocycles. The van der Waals surface area contributed by atoms with Crippen LogP contribution >= 0.6 is 0 Å². The summed E-state index contributed by atoms with van der Waals surface area (Å²) in [4.78, 5) is 0. The second kappa shape index (κ2) is 11.3. The number of aryl methyl sites for hydroxylation is 4. The van der Waals surface area contributed by atoms with E-state index in [1.807, 2.05) is 0 Å². The number of hydrogen-bond donors (Lipinski definition) is 0. The van der Waals surface area contributed by atoms with Crippen molar-refractivity contribution in [2.45, 2.75) is 77.3 Å². The first kappa shape index (κ1) is 22.6. The monoisotopic (exact) mass is 432 g/mol. The van der Waals surface area contributed by atoms with Gasteiger partial charge < -0.3 is 0 Å². The summed E-state index contributed by atoms with van der Waals surface area (Å²) >= 11 is 0. The zero-order chi connectivity index (χ0) is 22.2. The lowest BCUT2D eigenvalue weighted by Gasteiger charge is -2.03. The molecule has 4 heteroatoms. The summed E-state index contributed by atoms with van der Waals surface area (Å²) in [5, 5.41) is 0. The van der Waals surface area contributed by atoms with E-state index in [0.29, 0.717) is 0 Å². The van der Waals surface area contributed by atoms with Crippen LogP contribution in [0.3, 0.4) is 0 Å². The molecule has 0 aliphatic heterocycles. The minimum absolute atomic E-state index is 1.13. The smallest absolute Gasteiger partial charge is 0.233 e. The molecule has 0 fully saturated rings. The van der Waals surface area contributed by atoms with Crippen molar-refractivity contribution in [1.82, 2.24) is 9.13 Å². The van der Waals surface area contributed by atoms with Crippen LogP contribution in [0.2, 0.25) is 0 Å². The van der Waals surface area contributed by atoms with E-state index in [1.54, 1.807) is 0 Å². The second-order valence-electron chi connectivity index (χ2n) is 9.35. The van der Waals surface area contributed by atoms with Crippen molar-refractivity contribution in [3.63, 3.8) is 0 Å². The van der Waals surface area contributed by atoms with Crippen LogP contribution in [0.25, 0.3) is 22.1 Å². The zero-order valence-corrected chi connectivity index (χ0v) is 20.0. The number of hydrogen-bond acceptors (Lipinski definition) is 0. The van der Waals surface area contributed by atoms with Crippen molar-refractivity contribution < 1.29 is 9.13 Å². The molecule has 4 rings (SSSR count). The van der Waals surface area contributed by atoms with Crippen LogP contribution < -0.4 is 9.13 Å². The van der Waals surface area contributed by atoms with Crippen LogP contribution in [0.1, 0.15) is 64.2 Å². The van der Waals surface area contributed by atoms with Crippen molar-refractivity contribution in [2.75, 3.05) is 0 Å². The third-order valence-electron chi connectivity index (χ3n) is 6.82. The summed E-state index contributed by atoms with van der Waals surface area (Å²) < 4.78 is 9.28. The van der Waals surface area contributed by atoms with E-state index in [2.05, 4.69) is 93.5 Å². The first-order valence-electron chi connectivity index (χ1n) is 12.6. The average molecular weight is 433 g/mol. The molecule has 0 aliphatic carbocycles. The molecule has 0 saturated carbocycles. The summed E-state index contributed by atoms with van der Waals surface area (Å²) in [7, 11) is 4.28. The Bertz CT molecular complexity index is 1030. The van der Waals surface area contributed by atoms with Gasteiger partial charge in [-0.05, 0) is 49.9 Å². The molecule has 4 aromatic rings. The largest absolute Gasteiger partial charge is 0.244 e. The number of rotatable bonds is 13. The minimum atomic E-state index is 1.13. The highest BCUT2D eigenvalue weighted by Crippen LogP contribution is 2.15. The van der Waals surface area contributed by atoms with Gasteiger partial charge in [-0.2, -0.15) is 0 Å². The minimum Gasteiger partial charge on any atom is -0.233 e. The molecule has 4 nitrogen and oxygen atoms in total. The molecule has 0 bridgehead atoms. The topological polar surface area (TPSA) is 17.6 Å². The Kier molecular flexibility index (Phi) is 7.97. The van der Waals surface area contributed by atoms with Crippen LogP contribution in [-0.4, -0.2) is 9.13 Å². The van der Waals surface area contributed by atoms with Crippen molar-refractivity contribution in [2.24, 2.45) is 14.1 Å². The molecule has 32 heavy (non-hydrogen) atoms. The average Bonchev–Trinajstić information content (AvgIpc) is 3.31. The van der Waals surface area contributed by atoms with Gasteiger partial charge in [0.05, 0.1) is 27.2 Å². The first-order valence-corrected chi connectivity index (χ1v) is 12.6. The van der Waals surface area contributed by atoms with E-state index in [-0.39, 0.29) is 0 Å². The number of unbranched alkanes of at least 4 members (excludes halogenated alkanes) is 9. The van der Waals surface area contributed by atoms with E-state index in [1.165, 1.54) is 86.3 Å². The number of para-hydroxylation sites is 4. The van der Waals surface area contributed by atoms with Crippen LogP contribution in [0.15, 0.2) is 61.2 Å². The fourth-order valence-corrected chi connectivity index (χ4v) is 5.01. The lowest BCUT2D eigenvalue weighted by atomic mass is 10.1. The Balaban J connectivity index is 1.02. The van der Waals surface area contributed by atoms with E-state index in [4.69, 9.17) is 0 Å². The molecular formula is C28H40N4+2. The van der Waals surface area contributed by atoms with Crippen LogP contribution in [0.4, 0.5) is 0 Å². The van der Waals surface area contributed by atoms with Crippen molar-refractivity contribution in [1.29, 1.82) is 0 Å². The maximum absolute atomic E-state index is 2.41. The lowest BCUT2D eigenvalue weighted by molar-refractivity contribution is -0.645. The van der Waals surface area contributed by atoms with E-state index < -0.39 is 0 Å². The maximum atomic E-state index is 2.41. The van der Waals surface area contributed by atoms with Crippen molar-refractivity contribution >= 4 is 22.1 Å². The van der Waals surface area contributed by atoms with Gasteiger partial charge in [-0.3, -0.25) is 0 Å². The van der Waals surface area contributed by atoms with Gasteiger partial charge >= 0.3 is 0 Å². The number of benzene rings is 2. The molecule has 0 unspecified atom stereocenters. The highest BCUT2D eigenvalue weighted by Gasteiger charge is 2.12. The third-order valence-corrected chi connectivity index (χ3v) is 6.82. The predicted molar refractivity (Wildman–Crippen MR) is 132 cm³/mol. The second-order valence-corrected chi connectivity index (χ2v) is 9.35. The normalized spacial score (nSPS) is 11.7. The van der Waals surface area contributed by atoms with Crippen molar-refractivity contribution in [3.05, 3.63) is 61.2 Å². The van der Waals surface area contributed by atoms with E-state index in [9.17, 15) is 0 Å². The van der Waals surface area contributed by atoms with Crippen LogP contribution in [-0.2, 0) is 27.2 Å². The maximum Gasteiger partial charge on any atom is 0.244 e. The molecular weight excluding hydrogens is 392 g/mol. The molecule has 2 heterocycles. The molecule has 2 aromatic carbocycles. The molecule has 0 atom stereocenters. The number of nitrogens with zero attached hydrogens (tertiary/aromatic N) is 4. The van der Waals surface area contributed by atoms with Gasteiger partial charge in [-0.25, -0.2) is 18.3 Å².